The maximum absolute atomic E-state index is 2.34. The Labute approximate surface area is 146 Å². The lowest BCUT2D eigenvalue weighted by atomic mass is 9.81. The van der Waals surface area contributed by atoms with E-state index in [-0.39, 0.29) is 0 Å². The van der Waals surface area contributed by atoms with E-state index in [1.807, 2.05) is 0 Å². The van der Waals surface area contributed by atoms with Crippen LogP contribution < -0.4 is 0 Å². The Kier molecular flexibility index (Phi) is 5.15. The Balaban J connectivity index is 2.03. The molecule has 0 radical (unpaired) electrons. The van der Waals surface area contributed by atoms with E-state index in [1.165, 1.54) is 27.8 Å². The maximum atomic E-state index is 2.34. The van der Waals surface area contributed by atoms with Gasteiger partial charge in [0.1, 0.15) is 0 Å². The molecular weight excluding hydrogens is 288 g/mol. The predicted molar refractivity (Wildman–Crippen MR) is 104 cm³/mol. The zero-order valence-corrected chi connectivity index (χ0v) is 14.9. The van der Waals surface area contributed by atoms with Gasteiger partial charge in [0.25, 0.3) is 0 Å². The molecule has 0 saturated heterocycles. The van der Waals surface area contributed by atoms with Crippen molar-refractivity contribution in [3.05, 3.63) is 107 Å². The van der Waals surface area contributed by atoms with Crippen LogP contribution in [0.1, 0.15) is 60.4 Å². The Bertz CT molecular complexity index is 786. The predicted octanol–water partition coefficient (Wildman–Crippen LogP) is 6.55. The van der Waals surface area contributed by atoms with Crippen LogP contribution in [0.2, 0.25) is 0 Å². The Morgan fingerprint density at radius 1 is 0.583 bits per heavy atom. The topological polar surface area (TPSA) is 0 Å². The summed E-state index contributed by atoms with van der Waals surface area (Å²) in [5.74, 6) is 0.808. The summed E-state index contributed by atoms with van der Waals surface area (Å²) in [5, 5.41) is 0. The van der Waals surface area contributed by atoms with Crippen LogP contribution in [0.25, 0.3) is 0 Å². The van der Waals surface area contributed by atoms with Crippen LogP contribution in [0.5, 0.6) is 0 Å². The van der Waals surface area contributed by atoms with Gasteiger partial charge in [0.15, 0.2) is 0 Å². The van der Waals surface area contributed by atoms with Crippen LogP contribution in [0.3, 0.4) is 0 Å². The molecule has 0 heteroatoms. The van der Waals surface area contributed by atoms with Gasteiger partial charge in [-0.1, -0.05) is 99.6 Å². The molecule has 0 fully saturated rings. The van der Waals surface area contributed by atoms with Crippen molar-refractivity contribution in [2.75, 3.05) is 0 Å². The van der Waals surface area contributed by atoms with Gasteiger partial charge in [-0.05, 0) is 34.2 Å². The summed E-state index contributed by atoms with van der Waals surface area (Å²) in [5.41, 5.74) is 7.15. The molecule has 0 heterocycles. The molecule has 24 heavy (non-hydrogen) atoms. The largest absolute Gasteiger partial charge is 0.0622 e. The summed E-state index contributed by atoms with van der Waals surface area (Å²) in [6.07, 6.45) is 1.08. The van der Waals surface area contributed by atoms with Crippen molar-refractivity contribution in [2.45, 2.75) is 39.0 Å². The van der Waals surface area contributed by atoms with Crippen LogP contribution in [0.15, 0.2) is 78.9 Å². The second kappa shape index (κ2) is 7.49. The molecule has 3 rings (SSSR count). The number of hydrogen-bond acceptors (Lipinski definition) is 0. The minimum absolute atomic E-state index is 0.402. The summed E-state index contributed by atoms with van der Waals surface area (Å²) >= 11 is 0. The molecule has 0 bridgehead atoms. The van der Waals surface area contributed by atoms with Crippen molar-refractivity contribution in [1.82, 2.24) is 0 Å². The van der Waals surface area contributed by atoms with E-state index < -0.39 is 0 Å². The molecular formula is C24H26. The van der Waals surface area contributed by atoms with Gasteiger partial charge in [0, 0.05) is 11.8 Å². The van der Waals surface area contributed by atoms with E-state index in [0.717, 1.165) is 6.42 Å². The van der Waals surface area contributed by atoms with Gasteiger partial charge in [-0.3, -0.25) is 0 Å². The molecule has 3 aromatic rings. The third-order valence-electron chi connectivity index (χ3n) is 5.13. The fourth-order valence-electron chi connectivity index (χ4n) is 3.67. The average Bonchev–Trinajstić information content (AvgIpc) is 2.67. The van der Waals surface area contributed by atoms with Crippen LogP contribution in [-0.2, 0) is 6.42 Å². The molecule has 0 amide bonds. The van der Waals surface area contributed by atoms with E-state index in [9.17, 15) is 0 Å². The molecule has 0 N–H and O–H groups in total. The molecule has 0 aromatic heterocycles. The molecule has 0 saturated carbocycles. The summed E-state index contributed by atoms with van der Waals surface area (Å²) in [6, 6.07) is 28.6. The highest BCUT2D eigenvalue weighted by Gasteiger charge is 2.18. The van der Waals surface area contributed by atoms with Crippen LogP contribution in [0.4, 0.5) is 0 Å². The fraction of sp³-hybridized carbons (Fsp3) is 0.250. The molecule has 0 nitrogen and oxygen atoms in total. The van der Waals surface area contributed by atoms with E-state index in [2.05, 4.69) is 99.6 Å². The van der Waals surface area contributed by atoms with Crippen LogP contribution in [0, 0.1) is 0 Å². The van der Waals surface area contributed by atoms with Gasteiger partial charge >= 0.3 is 0 Å². The minimum atomic E-state index is 0.402. The molecule has 0 aliphatic heterocycles. The van der Waals surface area contributed by atoms with Gasteiger partial charge in [-0.2, -0.15) is 0 Å². The Morgan fingerprint density at radius 2 is 1.08 bits per heavy atom. The summed E-state index contributed by atoms with van der Waals surface area (Å²) < 4.78 is 0. The lowest BCUT2D eigenvalue weighted by molar-refractivity contribution is 0.832. The van der Waals surface area contributed by atoms with Gasteiger partial charge in [0.05, 0.1) is 0 Å². The molecule has 2 unspecified atom stereocenters. The van der Waals surface area contributed by atoms with Crippen molar-refractivity contribution >= 4 is 0 Å². The number of hydrogen-bond donors (Lipinski definition) is 0. The lowest BCUT2D eigenvalue weighted by Crippen LogP contribution is -2.07. The molecule has 0 aliphatic carbocycles. The maximum Gasteiger partial charge on any atom is 0.00666 e. The van der Waals surface area contributed by atoms with Crippen molar-refractivity contribution in [3.63, 3.8) is 0 Å². The molecule has 122 valence electrons. The first-order valence-corrected chi connectivity index (χ1v) is 8.94. The van der Waals surface area contributed by atoms with Gasteiger partial charge in [0.2, 0.25) is 0 Å². The van der Waals surface area contributed by atoms with Gasteiger partial charge in [-0.15, -0.1) is 0 Å². The number of benzene rings is 3. The molecule has 0 aliphatic rings. The second-order valence-corrected chi connectivity index (χ2v) is 6.54. The van der Waals surface area contributed by atoms with Crippen molar-refractivity contribution in [2.24, 2.45) is 0 Å². The first-order chi connectivity index (χ1) is 11.7. The fourth-order valence-corrected chi connectivity index (χ4v) is 3.67. The number of aryl methyl sites for hydroxylation is 1. The first-order valence-electron chi connectivity index (χ1n) is 8.94. The first kappa shape index (κ1) is 16.5. The van der Waals surface area contributed by atoms with Crippen LogP contribution >= 0.6 is 0 Å². The minimum Gasteiger partial charge on any atom is -0.0622 e. The molecule has 3 aromatic carbocycles. The highest BCUT2D eigenvalue weighted by atomic mass is 14.2. The lowest BCUT2D eigenvalue weighted by Gasteiger charge is -2.23. The summed E-state index contributed by atoms with van der Waals surface area (Å²) in [6.45, 7) is 6.89. The monoisotopic (exact) mass is 314 g/mol. The SMILES string of the molecule is CCc1ccccc1C(C)c1ccccc1C(C)c1ccccc1. The van der Waals surface area contributed by atoms with Crippen LogP contribution in [-0.4, -0.2) is 0 Å². The van der Waals surface area contributed by atoms with E-state index in [4.69, 9.17) is 0 Å². The highest BCUT2D eigenvalue weighted by molar-refractivity contribution is 5.44. The molecule has 2 atom stereocenters. The van der Waals surface area contributed by atoms with Gasteiger partial charge in [-0.25, -0.2) is 0 Å². The summed E-state index contributed by atoms with van der Waals surface area (Å²) in [4.78, 5) is 0. The zero-order valence-electron chi connectivity index (χ0n) is 14.9. The third-order valence-corrected chi connectivity index (χ3v) is 5.13. The Hall–Kier alpha value is -2.34. The van der Waals surface area contributed by atoms with E-state index in [1.54, 1.807) is 0 Å². The van der Waals surface area contributed by atoms with Crippen molar-refractivity contribution in [3.8, 4) is 0 Å². The standard InChI is InChI=1S/C24H26/c1-4-20-12-8-9-15-22(20)19(3)24-17-11-10-16-23(24)18(2)21-13-6-5-7-14-21/h5-19H,4H2,1-3H3. The summed E-state index contributed by atoms with van der Waals surface area (Å²) in [7, 11) is 0. The Morgan fingerprint density at radius 3 is 1.71 bits per heavy atom. The zero-order chi connectivity index (χ0) is 16.9. The third kappa shape index (κ3) is 3.28. The quantitative estimate of drug-likeness (QED) is 0.500. The molecule has 0 spiro atoms. The van der Waals surface area contributed by atoms with E-state index >= 15 is 0 Å². The average molecular weight is 314 g/mol. The highest BCUT2D eigenvalue weighted by Crippen LogP contribution is 2.35. The van der Waals surface area contributed by atoms with Gasteiger partial charge < -0.3 is 0 Å². The van der Waals surface area contributed by atoms with Crippen molar-refractivity contribution in [1.29, 1.82) is 0 Å². The smallest absolute Gasteiger partial charge is 0.00666 e. The second-order valence-electron chi connectivity index (χ2n) is 6.54. The normalized spacial score (nSPS) is 13.5. The van der Waals surface area contributed by atoms with Crippen molar-refractivity contribution < 1.29 is 0 Å². The van der Waals surface area contributed by atoms with E-state index in [0.29, 0.717) is 11.8 Å². The number of rotatable bonds is 5.